The summed E-state index contributed by atoms with van der Waals surface area (Å²) >= 11 is 0. The molecule has 4 nitrogen and oxygen atoms in total. The highest BCUT2D eigenvalue weighted by Gasteiger charge is 2.36. The summed E-state index contributed by atoms with van der Waals surface area (Å²) in [6.45, 7) is 5.02. The zero-order valence-electron chi connectivity index (χ0n) is 10.1. The first kappa shape index (κ1) is 13.2. The minimum Gasteiger partial charge on any atom is -0.444 e. The molecule has 0 spiro atoms. The summed E-state index contributed by atoms with van der Waals surface area (Å²) in [7, 11) is 0. The van der Waals surface area contributed by atoms with E-state index in [1.54, 1.807) is 20.8 Å². The van der Waals surface area contributed by atoms with Gasteiger partial charge in [-0.3, -0.25) is 0 Å². The molecule has 1 saturated heterocycles. The third-order valence-electron chi connectivity index (χ3n) is 2.46. The van der Waals surface area contributed by atoms with Crippen molar-refractivity contribution in [3.05, 3.63) is 0 Å². The van der Waals surface area contributed by atoms with Crippen molar-refractivity contribution in [2.45, 2.75) is 44.8 Å². The highest BCUT2D eigenvalue weighted by atomic mass is 19.1. The number of nitrogens with zero attached hydrogens (tertiary/aromatic N) is 1. The molecule has 0 aromatic heterocycles. The van der Waals surface area contributed by atoms with E-state index in [1.807, 2.05) is 0 Å². The summed E-state index contributed by atoms with van der Waals surface area (Å²) < 4.78 is 17.8. The van der Waals surface area contributed by atoms with Crippen LogP contribution in [-0.2, 0) is 4.74 Å². The van der Waals surface area contributed by atoms with Crippen LogP contribution in [0.3, 0.4) is 0 Å². The number of piperidine rings is 1. The first-order valence-electron chi connectivity index (χ1n) is 5.52. The van der Waals surface area contributed by atoms with Crippen LogP contribution in [0, 0.1) is 0 Å². The second-order valence-electron chi connectivity index (χ2n) is 5.36. The van der Waals surface area contributed by atoms with E-state index in [4.69, 9.17) is 4.74 Å². The number of hydrogen-bond donors (Lipinski definition) is 1. The first-order valence-corrected chi connectivity index (χ1v) is 5.52. The number of rotatable bonds is 1. The van der Waals surface area contributed by atoms with Gasteiger partial charge in [0.15, 0.2) is 0 Å². The molecule has 0 unspecified atom stereocenters. The maximum atomic E-state index is 12.6. The van der Waals surface area contributed by atoms with Crippen molar-refractivity contribution in [3.63, 3.8) is 0 Å². The molecule has 1 fully saturated rings. The molecular formula is C11H20FNO3. The Morgan fingerprint density at radius 2 is 2.19 bits per heavy atom. The van der Waals surface area contributed by atoms with E-state index in [0.29, 0.717) is 19.4 Å². The van der Waals surface area contributed by atoms with Crippen molar-refractivity contribution in [3.8, 4) is 0 Å². The Kier molecular flexibility index (Phi) is 3.78. The molecule has 1 rings (SSSR count). The molecule has 16 heavy (non-hydrogen) atoms. The van der Waals surface area contributed by atoms with E-state index in [-0.39, 0.29) is 6.54 Å². The number of carbonyl (C=O) groups is 1. The van der Waals surface area contributed by atoms with Gasteiger partial charge >= 0.3 is 6.09 Å². The molecule has 1 atom stereocenters. The Hall–Kier alpha value is -0.840. The molecule has 1 N–H and O–H groups in total. The molecule has 0 aliphatic carbocycles. The molecule has 5 heteroatoms. The minimum absolute atomic E-state index is 0.0123. The van der Waals surface area contributed by atoms with Crippen molar-refractivity contribution >= 4 is 6.09 Å². The normalized spacial score (nSPS) is 26.7. The van der Waals surface area contributed by atoms with Gasteiger partial charge in [0.25, 0.3) is 0 Å². The highest BCUT2D eigenvalue weighted by molar-refractivity contribution is 5.68. The first-order chi connectivity index (χ1) is 7.26. The lowest BCUT2D eigenvalue weighted by atomic mass is 9.95. The Labute approximate surface area is 95.4 Å². The van der Waals surface area contributed by atoms with Gasteiger partial charge in [0.1, 0.15) is 17.9 Å². The molecule has 1 aliphatic rings. The molecule has 1 amide bonds. The van der Waals surface area contributed by atoms with Crippen molar-refractivity contribution in [1.82, 2.24) is 4.90 Å². The molecular weight excluding hydrogens is 213 g/mol. The summed E-state index contributed by atoms with van der Waals surface area (Å²) in [4.78, 5) is 13.1. The third-order valence-corrected chi connectivity index (χ3v) is 2.46. The standard InChI is InChI=1S/C11H20FNO3/c1-10(2,3)16-9(14)13-6-4-5-11(15,7-12)8-13/h15H,4-8H2,1-3H3/t11-/m0/s1. The second-order valence-corrected chi connectivity index (χ2v) is 5.36. The number of ether oxygens (including phenoxy) is 1. The van der Waals surface area contributed by atoms with Gasteiger partial charge < -0.3 is 14.7 Å². The van der Waals surface area contributed by atoms with E-state index in [2.05, 4.69) is 0 Å². The summed E-state index contributed by atoms with van der Waals surface area (Å²) in [6, 6.07) is 0. The van der Waals surface area contributed by atoms with Gasteiger partial charge in [-0.1, -0.05) is 0 Å². The maximum Gasteiger partial charge on any atom is 0.410 e. The Bertz CT molecular complexity index is 264. The molecule has 0 aromatic carbocycles. The van der Waals surface area contributed by atoms with Crippen LogP contribution in [0.2, 0.25) is 0 Å². The fourth-order valence-electron chi connectivity index (χ4n) is 1.70. The van der Waals surface area contributed by atoms with Gasteiger partial charge in [-0.2, -0.15) is 0 Å². The van der Waals surface area contributed by atoms with E-state index in [1.165, 1.54) is 4.90 Å². The number of likely N-dealkylation sites (tertiary alicyclic amines) is 1. The average Bonchev–Trinajstić information content (AvgIpc) is 2.15. The van der Waals surface area contributed by atoms with Crippen LogP contribution in [0.15, 0.2) is 0 Å². The SMILES string of the molecule is CC(C)(C)OC(=O)N1CCC[C@](O)(CF)C1. The lowest BCUT2D eigenvalue weighted by molar-refractivity contribution is -0.0543. The van der Waals surface area contributed by atoms with Crippen molar-refractivity contribution in [1.29, 1.82) is 0 Å². The zero-order valence-corrected chi connectivity index (χ0v) is 10.1. The van der Waals surface area contributed by atoms with Crippen LogP contribution in [-0.4, -0.2) is 47.1 Å². The second kappa shape index (κ2) is 4.57. The predicted molar refractivity (Wildman–Crippen MR) is 58.0 cm³/mol. The monoisotopic (exact) mass is 233 g/mol. The topological polar surface area (TPSA) is 49.8 Å². The fourth-order valence-corrected chi connectivity index (χ4v) is 1.70. The van der Waals surface area contributed by atoms with Crippen LogP contribution < -0.4 is 0 Å². The number of hydrogen-bond acceptors (Lipinski definition) is 3. The van der Waals surface area contributed by atoms with Crippen LogP contribution in [0.5, 0.6) is 0 Å². The maximum absolute atomic E-state index is 12.6. The Morgan fingerprint density at radius 1 is 1.56 bits per heavy atom. The van der Waals surface area contributed by atoms with Crippen LogP contribution >= 0.6 is 0 Å². The van der Waals surface area contributed by atoms with Crippen LogP contribution in [0.25, 0.3) is 0 Å². The number of carbonyl (C=O) groups excluding carboxylic acids is 1. The van der Waals surface area contributed by atoms with Gasteiger partial charge in [-0.05, 0) is 33.6 Å². The largest absolute Gasteiger partial charge is 0.444 e. The number of aliphatic hydroxyl groups is 1. The molecule has 0 bridgehead atoms. The number of halogens is 1. The third kappa shape index (κ3) is 3.63. The smallest absolute Gasteiger partial charge is 0.410 e. The summed E-state index contributed by atoms with van der Waals surface area (Å²) in [5.74, 6) is 0. The van der Waals surface area contributed by atoms with Crippen molar-refractivity contribution in [2.24, 2.45) is 0 Å². The van der Waals surface area contributed by atoms with E-state index < -0.39 is 24.0 Å². The zero-order chi connectivity index (χ0) is 12.4. The van der Waals surface area contributed by atoms with Gasteiger partial charge in [0.05, 0.1) is 6.54 Å². The lowest BCUT2D eigenvalue weighted by Gasteiger charge is -2.38. The fraction of sp³-hybridized carbons (Fsp3) is 0.909. The molecule has 94 valence electrons. The number of amides is 1. The number of β-amino-alcohol motifs (C(OH)–C–C–N with tert-alkyl or cyclic N) is 1. The van der Waals surface area contributed by atoms with Gasteiger partial charge in [0, 0.05) is 6.54 Å². The van der Waals surface area contributed by atoms with E-state index >= 15 is 0 Å². The van der Waals surface area contributed by atoms with Gasteiger partial charge in [-0.15, -0.1) is 0 Å². The Balaban J connectivity index is 2.57. The van der Waals surface area contributed by atoms with Gasteiger partial charge in [0.2, 0.25) is 0 Å². The van der Waals surface area contributed by atoms with Crippen molar-refractivity contribution < 1.29 is 19.0 Å². The lowest BCUT2D eigenvalue weighted by Crippen LogP contribution is -2.52. The molecule has 0 aromatic rings. The highest BCUT2D eigenvalue weighted by Crippen LogP contribution is 2.23. The van der Waals surface area contributed by atoms with Crippen LogP contribution in [0.1, 0.15) is 33.6 Å². The van der Waals surface area contributed by atoms with Gasteiger partial charge in [-0.25, -0.2) is 9.18 Å². The quantitative estimate of drug-likeness (QED) is 0.750. The summed E-state index contributed by atoms with van der Waals surface area (Å²) in [5, 5.41) is 9.77. The summed E-state index contributed by atoms with van der Waals surface area (Å²) in [6.07, 6.45) is 0.502. The summed E-state index contributed by atoms with van der Waals surface area (Å²) in [5.41, 5.74) is -1.96. The van der Waals surface area contributed by atoms with E-state index in [0.717, 1.165) is 0 Å². The molecule has 1 aliphatic heterocycles. The van der Waals surface area contributed by atoms with Crippen LogP contribution in [0.4, 0.5) is 9.18 Å². The minimum atomic E-state index is -1.39. The average molecular weight is 233 g/mol. The predicted octanol–water partition coefficient (Wildman–Crippen LogP) is 1.72. The van der Waals surface area contributed by atoms with E-state index in [9.17, 15) is 14.3 Å². The molecule has 1 heterocycles. The molecule has 0 saturated carbocycles. The number of alkyl halides is 1. The Morgan fingerprint density at radius 3 is 2.69 bits per heavy atom. The molecule has 0 radical (unpaired) electrons. The van der Waals surface area contributed by atoms with Crippen molar-refractivity contribution in [2.75, 3.05) is 19.8 Å².